The first-order valence-corrected chi connectivity index (χ1v) is 9.75. The molecule has 0 amide bonds. The van der Waals surface area contributed by atoms with Gasteiger partial charge >= 0.3 is 0 Å². The molecule has 1 saturated carbocycles. The lowest BCUT2D eigenvalue weighted by molar-refractivity contribution is 0.0151. The maximum Gasteiger partial charge on any atom is 0.0589 e. The molecule has 1 fully saturated rings. The van der Waals surface area contributed by atoms with Gasteiger partial charge < -0.3 is 20.1 Å². The third kappa shape index (κ3) is 11.1. The number of likely N-dealkylation sites (N-methyl/N-ethyl adjacent to an activating group) is 1. The van der Waals surface area contributed by atoms with E-state index in [0.717, 1.165) is 32.2 Å². The largest absolute Gasteiger partial charge is 0.383 e. The van der Waals surface area contributed by atoms with Crippen LogP contribution in [0.15, 0.2) is 0 Å². The summed E-state index contributed by atoms with van der Waals surface area (Å²) in [5.41, 5.74) is 5.59. The molecule has 1 aliphatic rings. The number of rotatable bonds is 14. The number of methoxy groups -OCH3 is 1. The Bertz CT molecular complexity index is 256. The summed E-state index contributed by atoms with van der Waals surface area (Å²) in [5.74, 6) is 0.911. The van der Waals surface area contributed by atoms with E-state index < -0.39 is 0 Å². The van der Waals surface area contributed by atoms with Crippen LogP contribution in [-0.2, 0) is 9.47 Å². The smallest absolute Gasteiger partial charge is 0.0589 e. The highest BCUT2D eigenvalue weighted by Crippen LogP contribution is 2.29. The topological polar surface area (TPSA) is 47.7 Å². The Morgan fingerprint density at radius 3 is 2.35 bits per heavy atom. The van der Waals surface area contributed by atoms with Gasteiger partial charge in [0.2, 0.25) is 0 Å². The average Bonchev–Trinajstić information content (AvgIpc) is 2.58. The molecule has 1 aliphatic carbocycles. The Morgan fingerprint density at radius 2 is 1.65 bits per heavy atom. The second-order valence-electron chi connectivity index (χ2n) is 7.15. The fourth-order valence-electron chi connectivity index (χ4n) is 3.44. The van der Waals surface area contributed by atoms with E-state index in [4.69, 9.17) is 15.2 Å². The maximum atomic E-state index is 6.06. The van der Waals surface area contributed by atoms with Crippen LogP contribution in [0.2, 0.25) is 0 Å². The number of hydrogen-bond acceptors (Lipinski definition) is 4. The van der Waals surface area contributed by atoms with Crippen LogP contribution < -0.4 is 5.73 Å². The van der Waals surface area contributed by atoms with Crippen LogP contribution in [0.4, 0.5) is 0 Å². The third-order valence-electron chi connectivity index (χ3n) is 5.08. The van der Waals surface area contributed by atoms with Crippen LogP contribution in [0.1, 0.15) is 64.2 Å². The molecule has 0 radical (unpaired) electrons. The van der Waals surface area contributed by atoms with Gasteiger partial charge in [-0.3, -0.25) is 0 Å². The highest BCUT2D eigenvalue weighted by atomic mass is 16.5. The Hall–Kier alpha value is -0.160. The summed E-state index contributed by atoms with van der Waals surface area (Å²) in [4.78, 5) is 2.35. The fraction of sp³-hybridized carbons (Fsp3) is 1.00. The predicted octanol–water partition coefficient (Wildman–Crippen LogP) is 3.44. The summed E-state index contributed by atoms with van der Waals surface area (Å²) in [6.07, 6.45) is 13.4. The van der Waals surface area contributed by atoms with Gasteiger partial charge in [-0.05, 0) is 77.4 Å². The molecule has 0 spiro atoms. The molecule has 0 heterocycles. The summed E-state index contributed by atoms with van der Waals surface area (Å²) < 4.78 is 11.2. The van der Waals surface area contributed by atoms with Crippen LogP contribution in [-0.4, -0.2) is 58.0 Å². The van der Waals surface area contributed by atoms with Crippen molar-refractivity contribution in [3.05, 3.63) is 0 Å². The molecule has 0 atom stereocenters. The zero-order valence-corrected chi connectivity index (χ0v) is 15.6. The van der Waals surface area contributed by atoms with Gasteiger partial charge in [0.25, 0.3) is 0 Å². The Morgan fingerprint density at radius 1 is 0.913 bits per heavy atom. The standard InChI is InChI=1S/C19H40N2O2/c1-21(15-17-22-2)14-5-3-4-6-16-23-19-11-9-18(10-12-19)8-7-13-20/h18-19H,3-17,20H2,1-2H3/t18-,19-. The first-order valence-electron chi connectivity index (χ1n) is 9.75. The fourth-order valence-corrected chi connectivity index (χ4v) is 3.44. The molecule has 1 rings (SSSR count). The van der Waals surface area contributed by atoms with Crippen LogP contribution >= 0.6 is 0 Å². The van der Waals surface area contributed by atoms with Crippen molar-refractivity contribution in [1.29, 1.82) is 0 Å². The molecule has 0 aromatic rings. The highest BCUT2D eigenvalue weighted by Gasteiger charge is 2.20. The minimum atomic E-state index is 0.532. The van der Waals surface area contributed by atoms with Gasteiger partial charge in [0.15, 0.2) is 0 Å². The lowest BCUT2D eigenvalue weighted by atomic mass is 9.84. The molecule has 4 heteroatoms. The van der Waals surface area contributed by atoms with E-state index in [2.05, 4.69) is 11.9 Å². The van der Waals surface area contributed by atoms with Gasteiger partial charge in [0.05, 0.1) is 12.7 Å². The quantitative estimate of drug-likeness (QED) is 0.496. The van der Waals surface area contributed by atoms with Crippen LogP contribution in [0.3, 0.4) is 0 Å². The molecule has 23 heavy (non-hydrogen) atoms. The number of nitrogens with two attached hydrogens (primary N) is 1. The van der Waals surface area contributed by atoms with Crippen molar-refractivity contribution < 1.29 is 9.47 Å². The highest BCUT2D eigenvalue weighted by molar-refractivity contribution is 4.73. The van der Waals surface area contributed by atoms with Gasteiger partial charge in [-0.25, -0.2) is 0 Å². The Labute approximate surface area is 144 Å². The normalized spacial score (nSPS) is 21.9. The van der Waals surface area contributed by atoms with Crippen LogP contribution in [0.25, 0.3) is 0 Å². The summed E-state index contributed by atoms with van der Waals surface area (Å²) >= 11 is 0. The molecule has 0 unspecified atom stereocenters. The maximum absolute atomic E-state index is 6.06. The zero-order chi connectivity index (χ0) is 16.8. The molecule has 0 aliphatic heterocycles. The van der Waals surface area contributed by atoms with E-state index >= 15 is 0 Å². The SMILES string of the molecule is COCCN(C)CCCCCCO[C@H]1CC[C@H](CCCN)CC1. The van der Waals surface area contributed by atoms with E-state index in [-0.39, 0.29) is 0 Å². The van der Waals surface area contributed by atoms with E-state index in [1.165, 1.54) is 70.8 Å². The Balaban J connectivity index is 1.86. The van der Waals surface area contributed by atoms with Crippen molar-refractivity contribution >= 4 is 0 Å². The minimum absolute atomic E-state index is 0.532. The monoisotopic (exact) mass is 328 g/mol. The molecule has 0 aromatic carbocycles. The first-order chi connectivity index (χ1) is 11.3. The van der Waals surface area contributed by atoms with Gasteiger partial charge in [-0.1, -0.05) is 12.8 Å². The molecular formula is C19H40N2O2. The van der Waals surface area contributed by atoms with E-state index in [0.29, 0.717) is 6.10 Å². The van der Waals surface area contributed by atoms with Crippen molar-refractivity contribution in [2.24, 2.45) is 11.7 Å². The van der Waals surface area contributed by atoms with Gasteiger partial charge in [-0.2, -0.15) is 0 Å². The van der Waals surface area contributed by atoms with Crippen LogP contribution in [0, 0.1) is 5.92 Å². The summed E-state index contributed by atoms with van der Waals surface area (Å²) in [7, 11) is 3.94. The zero-order valence-electron chi connectivity index (χ0n) is 15.6. The van der Waals surface area contributed by atoms with E-state index in [1.54, 1.807) is 7.11 Å². The molecule has 0 saturated heterocycles. The van der Waals surface area contributed by atoms with Crippen molar-refractivity contribution in [2.45, 2.75) is 70.3 Å². The number of nitrogens with zero attached hydrogens (tertiary/aromatic N) is 1. The van der Waals surface area contributed by atoms with Gasteiger partial charge in [-0.15, -0.1) is 0 Å². The second-order valence-corrected chi connectivity index (χ2v) is 7.15. The predicted molar refractivity (Wildman–Crippen MR) is 97.8 cm³/mol. The summed E-state index contributed by atoms with van der Waals surface area (Å²) in [6, 6.07) is 0. The molecule has 4 nitrogen and oxygen atoms in total. The van der Waals surface area contributed by atoms with E-state index in [1.807, 2.05) is 0 Å². The number of hydrogen-bond donors (Lipinski definition) is 1. The lowest BCUT2D eigenvalue weighted by Crippen LogP contribution is -2.24. The number of unbranched alkanes of at least 4 members (excludes halogenated alkanes) is 3. The minimum Gasteiger partial charge on any atom is -0.383 e. The van der Waals surface area contributed by atoms with Crippen molar-refractivity contribution in [3.63, 3.8) is 0 Å². The van der Waals surface area contributed by atoms with Gasteiger partial charge in [0.1, 0.15) is 0 Å². The van der Waals surface area contributed by atoms with Crippen molar-refractivity contribution in [2.75, 3.05) is 47.0 Å². The first kappa shape index (κ1) is 20.9. The third-order valence-corrected chi connectivity index (χ3v) is 5.08. The molecule has 0 aromatic heterocycles. The molecule has 2 N–H and O–H groups in total. The lowest BCUT2D eigenvalue weighted by Gasteiger charge is -2.28. The summed E-state index contributed by atoms with van der Waals surface area (Å²) in [5, 5.41) is 0. The van der Waals surface area contributed by atoms with Crippen LogP contribution in [0.5, 0.6) is 0 Å². The molecule has 0 bridgehead atoms. The van der Waals surface area contributed by atoms with Crippen molar-refractivity contribution in [3.8, 4) is 0 Å². The second kappa shape index (κ2) is 14.2. The van der Waals surface area contributed by atoms with Gasteiger partial charge in [0, 0.05) is 20.3 Å². The van der Waals surface area contributed by atoms with Crippen molar-refractivity contribution in [1.82, 2.24) is 4.90 Å². The molecule has 138 valence electrons. The van der Waals surface area contributed by atoms with E-state index in [9.17, 15) is 0 Å². The Kier molecular flexibility index (Phi) is 12.9. The average molecular weight is 329 g/mol. The number of ether oxygens (including phenoxy) is 2. The molecular weight excluding hydrogens is 288 g/mol. The summed E-state index contributed by atoms with van der Waals surface area (Å²) in [6.45, 7) is 4.85.